The molecule has 28 heavy (non-hydrogen) atoms. The van der Waals surface area contributed by atoms with E-state index >= 15 is 0 Å². The van der Waals surface area contributed by atoms with Crippen LogP contribution in [0.15, 0.2) is 63.7 Å². The van der Waals surface area contributed by atoms with Crippen LogP contribution in [0.25, 0.3) is 10.8 Å². The zero-order valence-electron chi connectivity index (χ0n) is 13.3. The number of benzene rings is 3. The number of azo groups is 1. The number of hydrogen-bond acceptors (Lipinski definition) is 8. The second-order valence-corrected chi connectivity index (χ2v) is 6.79. The molecular formula is C16H12N3NaO7S. The van der Waals surface area contributed by atoms with Gasteiger partial charge >= 0.3 is 29.6 Å². The molecule has 0 saturated carbocycles. The topological polar surface area (TPSA) is 163 Å². The van der Waals surface area contributed by atoms with Crippen molar-refractivity contribution in [2.45, 2.75) is 4.90 Å². The first-order valence-electron chi connectivity index (χ1n) is 7.30. The van der Waals surface area contributed by atoms with Gasteiger partial charge in [-0.05, 0) is 11.5 Å². The number of phenolic OH excluding ortho intramolecular Hbond substituents is 2. The molecule has 0 aromatic heterocycles. The molecule has 0 amide bonds. The minimum atomic E-state index is -4.94. The third-order valence-corrected chi connectivity index (χ3v) is 4.53. The van der Waals surface area contributed by atoms with Crippen LogP contribution in [-0.4, -0.2) is 57.7 Å². The van der Waals surface area contributed by atoms with Gasteiger partial charge in [-0.15, -0.1) is 10.2 Å². The van der Waals surface area contributed by atoms with Crippen LogP contribution in [0.1, 0.15) is 0 Å². The van der Waals surface area contributed by atoms with Crippen molar-refractivity contribution in [1.29, 1.82) is 0 Å². The van der Waals surface area contributed by atoms with E-state index < -0.39 is 37.1 Å². The van der Waals surface area contributed by atoms with Crippen molar-refractivity contribution in [2.24, 2.45) is 10.2 Å². The van der Waals surface area contributed by atoms with E-state index in [-0.39, 0.29) is 41.0 Å². The molecule has 0 fully saturated rings. The summed E-state index contributed by atoms with van der Waals surface area (Å²) in [6.45, 7) is 0. The van der Waals surface area contributed by atoms with E-state index in [9.17, 15) is 28.7 Å². The van der Waals surface area contributed by atoms with Crippen LogP contribution < -0.4 is 0 Å². The average molecular weight is 413 g/mol. The molecule has 3 rings (SSSR count). The molecule has 0 atom stereocenters. The quantitative estimate of drug-likeness (QED) is 0.194. The molecule has 0 bridgehead atoms. The number of aromatic hydroxyl groups is 2. The van der Waals surface area contributed by atoms with E-state index in [1.807, 2.05) is 0 Å². The summed E-state index contributed by atoms with van der Waals surface area (Å²) in [6, 6.07) is 11.2. The fourth-order valence-corrected chi connectivity index (χ4v) is 3.03. The summed E-state index contributed by atoms with van der Waals surface area (Å²) in [5, 5.41) is 39.7. The van der Waals surface area contributed by atoms with Crippen LogP contribution in [0.4, 0.5) is 17.1 Å². The molecule has 3 aromatic rings. The zero-order valence-corrected chi connectivity index (χ0v) is 14.2. The van der Waals surface area contributed by atoms with Crippen molar-refractivity contribution in [1.82, 2.24) is 0 Å². The standard InChI is InChI=1S/C16H11N3O7S.Na.H/c20-13-6-5-9-3-1-2-4-11(9)15(13)18-17-12-7-10(19(22)23)8-14(16(12)21)27(24,25)26;;/h1-8,20-21H,(H,24,25,26);;. The first kappa shape index (κ1) is 21.7. The summed E-state index contributed by atoms with van der Waals surface area (Å²) < 4.78 is 31.8. The van der Waals surface area contributed by atoms with Crippen LogP contribution in [0, 0.1) is 10.1 Å². The van der Waals surface area contributed by atoms with Gasteiger partial charge in [-0.1, -0.05) is 30.3 Å². The van der Waals surface area contributed by atoms with E-state index in [2.05, 4.69) is 10.2 Å². The first-order valence-corrected chi connectivity index (χ1v) is 8.74. The maximum absolute atomic E-state index is 11.3. The molecule has 3 aromatic carbocycles. The summed E-state index contributed by atoms with van der Waals surface area (Å²) in [7, 11) is -4.94. The zero-order chi connectivity index (χ0) is 19.8. The Labute approximate surface area is 180 Å². The summed E-state index contributed by atoms with van der Waals surface area (Å²) in [5.41, 5.74) is -1.27. The fourth-order valence-electron chi connectivity index (χ4n) is 2.41. The number of non-ortho nitro benzene ring substituents is 1. The van der Waals surface area contributed by atoms with Crippen molar-refractivity contribution in [3.63, 3.8) is 0 Å². The van der Waals surface area contributed by atoms with Gasteiger partial charge in [-0.25, -0.2) is 0 Å². The molecule has 0 heterocycles. The Hall–Kier alpha value is -2.57. The third kappa shape index (κ3) is 4.29. The molecule has 3 N–H and O–H groups in total. The Morgan fingerprint density at radius 1 is 1.00 bits per heavy atom. The minimum absolute atomic E-state index is 0. The van der Waals surface area contributed by atoms with Crippen LogP contribution in [-0.2, 0) is 10.1 Å². The van der Waals surface area contributed by atoms with Gasteiger partial charge < -0.3 is 10.2 Å². The van der Waals surface area contributed by atoms with E-state index in [0.717, 1.165) is 11.5 Å². The second-order valence-electron chi connectivity index (χ2n) is 5.40. The van der Waals surface area contributed by atoms with Gasteiger partial charge in [-0.2, -0.15) is 8.42 Å². The fraction of sp³-hybridized carbons (Fsp3) is 0. The second kappa shape index (κ2) is 8.20. The van der Waals surface area contributed by atoms with Gasteiger partial charge in [0.15, 0.2) is 5.75 Å². The number of rotatable bonds is 4. The molecule has 12 heteroatoms. The van der Waals surface area contributed by atoms with Gasteiger partial charge in [0, 0.05) is 17.5 Å². The monoisotopic (exact) mass is 413 g/mol. The summed E-state index contributed by atoms with van der Waals surface area (Å²) in [4.78, 5) is 8.99. The molecule has 0 aliphatic carbocycles. The van der Waals surface area contributed by atoms with Crippen molar-refractivity contribution < 1.29 is 28.1 Å². The van der Waals surface area contributed by atoms with Gasteiger partial charge in [-0.3, -0.25) is 14.7 Å². The number of fused-ring (bicyclic) bond motifs is 1. The van der Waals surface area contributed by atoms with Crippen molar-refractivity contribution in [3.8, 4) is 11.5 Å². The van der Waals surface area contributed by atoms with E-state index in [1.54, 1.807) is 30.3 Å². The predicted octanol–water partition coefficient (Wildman–Crippen LogP) is 3.17. The molecule has 0 saturated heterocycles. The SMILES string of the molecule is O=[N+]([O-])c1cc(N=Nc2c(O)ccc3ccccc23)c(O)c(S(=O)(=O)O)c1.[NaH]. The number of nitro groups is 1. The summed E-state index contributed by atoms with van der Waals surface area (Å²) in [6.07, 6.45) is 0. The third-order valence-electron chi connectivity index (χ3n) is 3.67. The van der Waals surface area contributed by atoms with Crippen molar-refractivity contribution in [3.05, 3.63) is 58.6 Å². The number of nitro benzene ring substituents is 1. The predicted molar refractivity (Wildman–Crippen MR) is 102 cm³/mol. The van der Waals surface area contributed by atoms with Crippen molar-refractivity contribution >= 4 is 67.5 Å². The molecule has 0 radical (unpaired) electrons. The van der Waals surface area contributed by atoms with Gasteiger partial charge in [0.1, 0.15) is 22.0 Å². The Bertz CT molecular complexity index is 1210. The molecule has 140 valence electrons. The van der Waals surface area contributed by atoms with Crippen LogP contribution in [0.3, 0.4) is 0 Å². The van der Waals surface area contributed by atoms with Crippen LogP contribution in [0.2, 0.25) is 0 Å². The molecular weight excluding hydrogens is 401 g/mol. The molecule has 0 unspecified atom stereocenters. The van der Waals surface area contributed by atoms with Gasteiger partial charge in [0.2, 0.25) is 0 Å². The van der Waals surface area contributed by atoms with Gasteiger partial charge in [0.25, 0.3) is 15.8 Å². The number of nitrogens with zero attached hydrogens (tertiary/aromatic N) is 3. The maximum atomic E-state index is 11.3. The molecule has 10 nitrogen and oxygen atoms in total. The van der Waals surface area contributed by atoms with E-state index in [0.29, 0.717) is 11.5 Å². The molecule has 0 aliphatic rings. The van der Waals surface area contributed by atoms with E-state index in [4.69, 9.17) is 4.55 Å². The Morgan fingerprint density at radius 3 is 2.32 bits per heavy atom. The van der Waals surface area contributed by atoms with E-state index in [1.165, 1.54) is 6.07 Å². The number of hydrogen-bond donors (Lipinski definition) is 3. The average Bonchev–Trinajstić information content (AvgIpc) is 2.60. The van der Waals surface area contributed by atoms with Crippen LogP contribution in [0.5, 0.6) is 11.5 Å². The first-order chi connectivity index (χ1) is 12.7. The van der Waals surface area contributed by atoms with Crippen LogP contribution >= 0.6 is 0 Å². The molecule has 0 aliphatic heterocycles. The molecule has 0 spiro atoms. The van der Waals surface area contributed by atoms with Crippen molar-refractivity contribution in [2.75, 3.05) is 0 Å². The summed E-state index contributed by atoms with van der Waals surface area (Å²) in [5.74, 6) is -1.25. The summed E-state index contributed by atoms with van der Waals surface area (Å²) >= 11 is 0. The number of phenols is 2. The Balaban J connectivity index is 0.00000280. The Morgan fingerprint density at radius 2 is 1.68 bits per heavy atom. The van der Waals surface area contributed by atoms with Gasteiger partial charge in [0.05, 0.1) is 4.92 Å². The normalized spacial score (nSPS) is 11.5. The Kier molecular flexibility index (Phi) is 6.37.